The van der Waals surface area contributed by atoms with Crippen molar-refractivity contribution >= 4 is 11.9 Å². The predicted octanol–water partition coefficient (Wildman–Crippen LogP) is 3.90. The van der Waals surface area contributed by atoms with E-state index in [1.807, 2.05) is 44.2 Å². The molecular formula is C20H19O4. The van der Waals surface area contributed by atoms with Gasteiger partial charge in [0.1, 0.15) is 28.4 Å². The highest BCUT2D eigenvalue weighted by Crippen LogP contribution is 2.44. The van der Waals surface area contributed by atoms with Crippen LogP contribution in [0.25, 0.3) is 6.08 Å². The maximum atomic E-state index is 12.6. The van der Waals surface area contributed by atoms with Crippen molar-refractivity contribution in [3.63, 3.8) is 0 Å². The molecule has 0 atom stereocenters. The fraction of sp³-hybridized carbons (Fsp3) is 0.250. The van der Waals surface area contributed by atoms with Crippen molar-refractivity contribution < 1.29 is 19.7 Å². The van der Waals surface area contributed by atoms with Crippen LogP contribution in [0.4, 0.5) is 0 Å². The van der Waals surface area contributed by atoms with Crippen LogP contribution >= 0.6 is 0 Å². The van der Waals surface area contributed by atoms with E-state index in [0.29, 0.717) is 18.4 Å². The van der Waals surface area contributed by atoms with Gasteiger partial charge in [0, 0.05) is 5.56 Å². The molecule has 0 saturated heterocycles. The van der Waals surface area contributed by atoms with E-state index >= 15 is 0 Å². The molecule has 4 nitrogen and oxygen atoms in total. The number of carbonyl (C=O) groups excluding carboxylic acids is 1. The van der Waals surface area contributed by atoms with Crippen LogP contribution in [-0.2, 0) is 6.42 Å². The lowest BCUT2D eigenvalue weighted by Gasteiger charge is -2.34. The van der Waals surface area contributed by atoms with Crippen molar-refractivity contribution in [1.82, 2.24) is 0 Å². The molecule has 0 saturated carbocycles. The highest BCUT2D eigenvalue weighted by atomic mass is 16.5. The Kier molecular flexibility index (Phi) is 4.06. The van der Waals surface area contributed by atoms with E-state index in [9.17, 15) is 15.0 Å². The summed E-state index contributed by atoms with van der Waals surface area (Å²) in [6.45, 7) is 3.82. The molecule has 0 aromatic heterocycles. The summed E-state index contributed by atoms with van der Waals surface area (Å²) in [6.07, 6.45) is 4.34. The average molecular weight is 323 g/mol. The number of hydrogen-bond donors (Lipinski definition) is 2. The lowest BCUT2D eigenvalue weighted by Crippen LogP contribution is -2.33. The third-order valence-corrected chi connectivity index (χ3v) is 4.09. The van der Waals surface area contributed by atoms with Crippen molar-refractivity contribution in [3.05, 3.63) is 59.2 Å². The van der Waals surface area contributed by atoms with Crippen LogP contribution in [0, 0.1) is 6.07 Å². The number of allylic oxidation sites excluding steroid dienone is 1. The highest BCUT2D eigenvalue weighted by molar-refractivity contribution is 6.11. The van der Waals surface area contributed by atoms with Crippen molar-refractivity contribution in [2.45, 2.75) is 32.3 Å². The van der Waals surface area contributed by atoms with Gasteiger partial charge in [0.2, 0.25) is 0 Å². The molecule has 0 amide bonds. The number of hydrogen-bond acceptors (Lipinski definition) is 4. The first-order chi connectivity index (χ1) is 11.4. The van der Waals surface area contributed by atoms with Gasteiger partial charge in [-0.3, -0.25) is 4.79 Å². The number of fused-ring (bicyclic) bond motifs is 1. The lowest BCUT2D eigenvalue weighted by molar-refractivity contribution is 0.0800. The summed E-state index contributed by atoms with van der Waals surface area (Å²) in [6, 6.07) is 11.9. The Morgan fingerprint density at radius 1 is 1.21 bits per heavy atom. The molecule has 0 bridgehead atoms. The second-order valence-corrected chi connectivity index (χ2v) is 6.47. The van der Waals surface area contributed by atoms with Gasteiger partial charge >= 0.3 is 0 Å². The Labute approximate surface area is 141 Å². The van der Waals surface area contributed by atoms with Crippen molar-refractivity contribution in [3.8, 4) is 17.2 Å². The van der Waals surface area contributed by atoms with E-state index < -0.39 is 11.4 Å². The number of ether oxygens (including phenoxy) is 1. The summed E-state index contributed by atoms with van der Waals surface area (Å²) in [5.41, 5.74) is 0.973. The fourth-order valence-corrected chi connectivity index (χ4v) is 2.76. The summed E-state index contributed by atoms with van der Waals surface area (Å²) in [7, 11) is 0. The molecular weight excluding hydrogens is 304 g/mol. The summed E-state index contributed by atoms with van der Waals surface area (Å²) in [4.78, 5) is 12.6. The number of rotatable bonds is 3. The Balaban J connectivity index is 2.01. The normalized spacial score (nSPS) is 15.8. The summed E-state index contributed by atoms with van der Waals surface area (Å²) in [5.74, 6) is -0.697. The fourth-order valence-electron chi connectivity index (χ4n) is 2.76. The van der Waals surface area contributed by atoms with Gasteiger partial charge in [0.25, 0.3) is 0 Å². The molecule has 1 radical (unpaired) electrons. The number of carbonyl (C=O) groups is 1. The maximum Gasteiger partial charge on any atom is 0.193 e. The van der Waals surface area contributed by atoms with Gasteiger partial charge in [-0.15, -0.1) is 0 Å². The van der Waals surface area contributed by atoms with E-state index in [4.69, 9.17) is 4.74 Å². The van der Waals surface area contributed by atoms with Gasteiger partial charge in [-0.2, -0.15) is 0 Å². The molecule has 2 N–H and O–H groups in total. The van der Waals surface area contributed by atoms with Crippen molar-refractivity contribution in [2.24, 2.45) is 0 Å². The van der Waals surface area contributed by atoms with Gasteiger partial charge in [0.05, 0.1) is 6.07 Å². The van der Waals surface area contributed by atoms with Gasteiger partial charge in [0.15, 0.2) is 5.78 Å². The second kappa shape index (κ2) is 6.04. The monoisotopic (exact) mass is 323 g/mol. The van der Waals surface area contributed by atoms with Crippen LogP contribution < -0.4 is 4.74 Å². The van der Waals surface area contributed by atoms with E-state index in [2.05, 4.69) is 6.07 Å². The topological polar surface area (TPSA) is 66.8 Å². The van der Waals surface area contributed by atoms with Crippen LogP contribution in [0.15, 0.2) is 36.4 Å². The quantitative estimate of drug-likeness (QED) is 0.664. The molecule has 123 valence electrons. The molecule has 2 aromatic rings. The number of phenolic OH excluding ortho intramolecular Hbond substituents is 2. The molecule has 0 aliphatic carbocycles. The average Bonchev–Trinajstić information content (AvgIpc) is 2.52. The van der Waals surface area contributed by atoms with Crippen LogP contribution in [0.1, 0.15) is 41.8 Å². The third kappa shape index (κ3) is 3.13. The first-order valence-corrected chi connectivity index (χ1v) is 7.84. The summed E-state index contributed by atoms with van der Waals surface area (Å²) >= 11 is 0. The first kappa shape index (κ1) is 16.1. The van der Waals surface area contributed by atoms with E-state index in [1.165, 1.54) is 6.08 Å². The lowest BCUT2D eigenvalue weighted by atomic mass is 9.90. The number of aromatic hydroxyl groups is 2. The van der Waals surface area contributed by atoms with Crippen LogP contribution in [0.3, 0.4) is 0 Å². The minimum absolute atomic E-state index is 0.0442. The molecule has 4 heteroatoms. The second-order valence-electron chi connectivity index (χ2n) is 6.47. The number of benzene rings is 2. The molecule has 0 unspecified atom stereocenters. The Morgan fingerprint density at radius 3 is 2.62 bits per heavy atom. The molecule has 3 rings (SSSR count). The number of phenols is 2. The largest absolute Gasteiger partial charge is 0.507 e. The van der Waals surface area contributed by atoms with Crippen LogP contribution in [0.5, 0.6) is 17.2 Å². The van der Waals surface area contributed by atoms with E-state index in [-0.39, 0.29) is 22.8 Å². The summed E-state index contributed by atoms with van der Waals surface area (Å²) < 4.78 is 5.89. The highest BCUT2D eigenvalue weighted by Gasteiger charge is 2.33. The standard InChI is InChI=1S/C20H19O4/c1-20(2)11-10-14-16(22)12-17(23)18(19(14)24-20)15(21)9-8-13-6-4-3-5-7-13/h3-9,22-23H,10-11H2,1-2H3/b9-8+. The van der Waals surface area contributed by atoms with Crippen LogP contribution in [-0.4, -0.2) is 21.6 Å². The zero-order chi connectivity index (χ0) is 17.3. The first-order valence-electron chi connectivity index (χ1n) is 7.84. The molecule has 2 aromatic carbocycles. The molecule has 0 fully saturated rings. The maximum absolute atomic E-state index is 12.6. The molecule has 1 heterocycles. The van der Waals surface area contributed by atoms with Gasteiger partial charge in [-0.25, -0.2) is 0 Å². The minimum Gasteiger partial charge on any atom is -0.507 e. The van der Waals surface area contributed by atoms with Crippen molar-refractivity contribution in [1.29, 1.82) is 0 Å². The molecule has 0 spiro atoms. The Hall–Kier alpha value is -2.75. The minimum atomic E-state index is -0.467. The molecule has 1 aliphatic heterocycles. The van der Waals surface area contributed by atoms with Gasteiger partial charge in [-0.1, -0.05) is 36.4 Å². The van der Waals surface area contributed by atoms with E-state index in [0.717, 1.165) is 5.56 Å². The van der Waals surface area contributed by atoms with Crippen molar-refractivity contribution in [2.75, 3.05) is 0 Å². The molecule has 24 heavy (non-hydrogen) atoms. The van der Waals surface area contributed by atoms with Gasteiger partial charge in [-0.05, 0) is 38.3 Å². The van der Waals surface area contributed by atoms with Gasteiger partial charge < -0.3 is 14.9 Å². The summed E-state index contributed by atoms with van der Waals surface area (Å²) in [5, 5.41) is 20.1. The van der Waals surface area contributed by atoms with E-state index in [1.54, 1.807) is 6.08 Å². The smallest absolute Gasteiger partial charge is 0.193 e. The Morgan fingerprint density at radius 2 is 1.92 bits per heavy atom. The van der Waals surface area contributed by atoms with Crippen LogP contribution in [0.2, 0.25) is 0 Å². The number of ketones is 1. The Bertz CT molecular complexity index is 804. The predicted molar refractivity (Wildman–Crippen MR) is 91.4 cm³/mol. The third-order valence-electron chi connectivity index (χ3n) is 4.09. The zero-order valence-corrected chi connectivity index (χ0v) is 13.7. The molecule has 1 aliphatic rings. The SMILES string of the molecule is CC1(C)CCc2c(O)[c]c(O)c(C(=O)/C=C/c3ccccc3)c2O1. The zero-order valence-electron chi connectivity index (χ0n) is 13.7.